The first-order valence-corrected chi connectivity index (χ1v) is 8.42. The van der Waals surface area contributed by atoms with Gasteiger partial charge in [0.15, 0.2) is 5.96 Å². The van der Waals surface area contributed by atoms with Crippen LogP contribution in [-0.4, -0.2) is 35.9 Å². The quantitative estimate of drug-likeness (QED) is 0.437. The molecule has 0 aliphatic rings. The minimum atomic E-state index is 0.523. The lowest BCUT2D eigenvalue weighted by Gasteiger charge is -2.12. The number of aryl methyl sites for hydroxylation is 1. The average Bonchev–Trinajstić information content (AvgIpc) is 3.10. The third-order valence-corrected chi connectivity index (χ3v) is 3.65. The molecule has 0 fully saturated rings. The van der Waals surface area contributed by atoms with Gasteiger partial charge in [-0.05, 0) is 31.5 Å². The summed E-state index contributed by atoms with van der Waals surface area (Å²) in [6.45, 7) is 5.08. The standard InChI is InChI=1S/C17H24ClN5O/c1-3-19-17(20-8-4-10-23-11-5-9-22-23)21-13-14-6-7-15(18)12-16(14)24-2/h5-7,9,11-12H,3-4,8,10,13H2,1-2H3,(H2,19,20,21). The molecule has 0 saturated carbocycles. The van der Waals surface area contributed by atoms with Crippen molar-refractivity contribution in [1.29, 1.82) is 0 Å². The predicted molar refractivity (Wildman–Crippen MR) is 97.7 cm³/mol. The summed E-state index contributed by atoms with van der Waals surface area (Å²) >= 11 is 5.99. The molecule has 0 atom stereocenters. The number of benzene rings is 1. The van der Waals surface area contributed by atoms with E-state index in [1.165, 1.54) is 0 Å². The summed E-state index contributed by atoms with van der Waals surface area (Å²) in [6.07, 6.45) is 4.72. The van der Waals surface area contributed by atoms with Crippen molar-refractivity contribution in [2.24, 2.45) is 4.99 Å². The fourth-order valence-corrected chi connectivity index (χ4v) is 2.40. The zero-order valence-electron chi connectivity index (χ0n) is 14.1. The average molecular weight is 350 g/mol. The first-order valence-electron chi connectivity index (χ1n) is 8.05. The van der Waals surface area contributed by atoms with E-state index in [-0.39, 0.29) is 0 Å². The molecule has 0 unspecified atom stereocenters. The van der Waals surface area contributed by atoms with Crippen molar-refractivity contribution < 1.29 is 4.74 Å². The molecule has 0 spiro atoms. The van der Waals surface area contributed by atoms with Gasteiger partial charge in [-0.2, -0.15) is 5.10 Å². The Bertz CT molecular complexity index is 642. The minimum absolute atomic E-state index is 0.523. The van der Waals surface area contributed by atoms with Gasteiger partial charge in [0.1, 0.15) is 5.75 Å². The van der Waals surface area contributed by atoms with Gasteiger partial charge in [-0.3, -0.25) is 4.68 Å². The topological polar surface area (TPSA) is 63.5 Å². The summed E-state index contributed by atoms with van der Waals surface area (Å²) in [5.41, 5.74) is 0.996. The number of nitrogens with zero attached hydrogens (tertiary/aromatic N) is 3. The summed E-state index contributed by atoms with van der Waals surface area (Å²) in [7, 11) is 1.64. The number of aromatic nitrogens is 2. The Balaban J connectivity index is 1.87. The molecule has 0 saturated heterocycles. The van der Waals surface area contributed by atoms with Crippen LogP contribution in [0.3, 0.4) is 0 Å². The van der Waals surface area contributed by atoms with Gasteiger partial charge in [-0.1, -0.05) is 17.7 Å². The van der Waals surface area contributed by atoms with Gasteiger partial charge in [0.25, 0.3) is 0 Å². The highest BCUT2D eigenvalue weighted by Crippen LogP contribution is 2.23. The molecule has 0 amide bonds. The van der Waals surface area contributed by atoms with Gasteiger partial charge in [0.2, 0.25) is 0 Å². The minimum Gasteiger partial charge on any atom is -0.496 e. The van der Waals surface area contributed by atoms with E-state index in [0.717, 1.165) is 43.3 Å². The van der Waals surface area contributed by atoms with Crippen molar-refractivity contribution >= 4 is 17.6 Å². The van der Waals surface area contributed by atoms with Gasteiger partial charge in [0.05, 0.1) is 13.7 Å². The number of hydrogen-bond donors (Lipinski definition) is 2. The number of aliphatic imine (C=N–C) groups is 1. The molecule has 1 aromatic carbocycles. The van der Waals surface area contributed by atoms with Crippen molar-refractivity contribution in [2.75, 3.05) is 20.2 Å². The van der Waals surface area contributed by atoms with Gasteiger partial charge < -0.3 is 15.4 Å². The molecule has 2 N–H and O–H groups in total. The Labute approximate surface area is 147 Å². The Morgan fingerprint density at radius 2 is 2.25 bits per heavy atom. The molecule has 0 radical (unpaired) electrons. The summed E-state index contributed by atoms with van der Waals surface area (Å²) < 4.78 is 7.28. The Morgan fingerprint density at radius 3 is 2.96 bits per heavy atom. The molecule has 1 aromatic heterocycles. The van der Waals surface area contributed by atoms with Crippen molar-refractivity contribution in [1.82, 2.24) is 20.4 Å². The maximum Gasteiger partial charge on any atom is 0.191 e. The van der Waals surface area contributed by atoms with Crippen molar-refractivity contribution in [3.05, 3.63) is 47.2 Å². The normalized spacial score (nSPS) is 11.4. The number of ether oxygens (including phenoxy) is 1. The molecule has 2 rings (SSSR count). The van der Waals surface area contributed by atoms with E-state index in [0.29, 0.717) is 11.6 Å². The van der Waals surface area contributed by atoms with Crippen LogP contribution in [-0.2, 0) is 13.1 Å². The molecular weight excluding hydrogens is 326 g/mol. The second-order valence-electron chi connectivity index (χ2n) is 5.20. The third kappa shape index (κ3) is 5.77. The second-order valence-corrected chi connectivity index (χ2v) is 5.64. The largest absolute Gasteiger partial charge is 0.496 e. The number of methoxy groups -OCH3 is 1. The summed E-state index contributed by atoms with van der Waals surface area (Å²) in [6, 6.07) is 7.51. The second kappa shape index (κ2) is 9.82. The van der Waals surface area contributed by atoms with Crippen molar-refractivity contribution in [3.8, 4) is 5.75 Å². The molecule has 1 heterocycles. The molecule has 7 heteroatoms. The predicted octanol–water partition coefficient (Wildman–Crippen LogP) is 2.69. The van der Waals surface area contributed by atoms with Crippen LogP contribution in [0, 0.1) is 0 Å². The highest BCUT2D eigenvalue weighted by Gasteiger charge is 2.04. The zero-order chi connectivity index (χ0) is 17.2. The highest BCUT2D eigenvalue weighted by atomic mass is 35.5. The lowest BCUT2D eigenvalue weighted by atomic mass is 10.2. The van der Waals surface area contributed by atoms with Gasteiger partial charge in [-0.15, -0.1) is 0 Å². The van der Waals surface area contributed by atoms with Gasteiger partial charge in [0, 0.05) is 42.6 Å². The van der Waals surface area contributed by atoms with Crippen LogP contribution < -0.4 is 15.4 Å². The summed E-state index contributed by atoms with van der Waals surface area (Å²) in [5.74, 6) is 1.54. The van der Waals surface area contributed by atoms with Crippen LogP contribution in [0.1, 0.15) is 18.9 Å². The van der Waals surface area contributed by atoms with Crippen LogP contribution in [0.5, 0.6) is 5.75 Å². The first kappa shape index (κ1) is 18.1. The Hall–Kier alpha value is -2.21. The van der Waals surface area contributed by atoms with E-state index in [4.69, 9.17) is 16.3 Å². The van der Waals surface area contributed by atoms with E-state index in [1.807, 2.05) is 36.0 Å². The van der Waals surface area contributed by atoms with Crippen LogP contribution in [0.2, 0.25) is 5.02 Å². The lowest BCUT2D eigenvalue weighted by molar-refractivity contribution is 0.410. The first-order chi connectivity index (χ1) is 11.7. The van der Waals surface area contributed by atoms with Gasteiger partial charge in [-0.25, -0.2) is 4.99 Å². The van der Waals surface area contributed by atoms with Crippen LogP contribution in [0.15, 0.2) is 41.7 Å². The van der Waals surface area contributed by atoms with Crippen LogP contribution in [0.25, 0.3) is 0 Å². The van der Waals surface area contributed by atoms with Crippen molar-refractivity contribution in [2.45, 2.75) is 26.4 Å². The summed E-state index contributed by atoms with van der Waals surface area (Å²) in [4.78, 5) is 4.61. The monoisotopic (exact) mass is 349 g/mol. The highest BCUT2D eigenvalue weighted by molar-refractivity contribution is 6.30. The Kier molecular flexibility index (Phi) is 7.42. The summed E-state index contributed by atoms with van der Waals surface area (Å²) in [5, 5.41) is 11.4. The fourth-order valence-electron chi connectivity index (χ4n) is 2.24. The van der Waals surface area contributed by atoms with E-state index >= 15 is 0 Å². The number of halogens is 1. The molecule has 2 aromatic rings. The zero-order valence-corrected chi connectivity index (χ0v) is 14.9. The van der Waals surface area contributed by atoms with Crippen LogP contribution in [0.4, 0.5) is 0 Å². The Morgan fingerprint density at radius 1 is 1.38 bits per heavy atom. The van der Waals surface area contributed by atoms with Crippen LogP contribution >= 0.6 is 11.6 Å². The van der Waals surface area contributed by atoms with Crippen molar-refractivity contribution in [3.63, 3.8) is 0 Å². The maximum absolute atomic E-state index is 5.99. The molecular formula is C17H24ClN5O. The number of hydrogen-bond acceptors (Lipinski definition) is 3. The molecule has 0 bridgehead atoms. The molecule has 0 aliphatic carbocycles. The molecule has 130 valence electrons. The van der Waals surface area contributed by atoms with E-state index in [1.54, 1.807) is 19.4 Å². The number of nitrogens with one attached hydrogen (secondary N) is 2. The third-order valence-electron chi connectivity index (χ3n) is 3.42. The lowest BCUT2D eigenvalue weighted by Crippen LogP contribution is -2.38. The molecule has 6 nitrogen and oxygen atoms in total. The van der Waals surface area contributed by atoms with E-state index in [2.05, 4.69) is 20.7 Å². The maximum atomic E-state index is 5.99. The SMILES string of the molecule is CCNC(=NCc1ccc(Cl)cc1OC)NCCCn1cccn1. The smallest absolute Gasteiger partial charge is 0.191 e. The van der Waals surface area contributed by atoms with Gasteiger partial charge >= 0.3 is 0 Å². The van der Waals surface area contributed by atoms with E-state index in [9.17, 15) is 0 Å². The number of guanidine groups is 1. The molecule has 24 heavy (non-hydrogen) atoms. The molecule has 0 aliphatic heterocycles. The number of rotatable bonds is 8. The fraction of sp³-hybridized carbons (Fsp3) is 0.412. The van der Waals surface area contributed by atoms with E-state index < -0.39 is 0 Å².